The van der Waals surface area contributed by atoms with Crippen LogP contribution in [-0.4, -0.2) is 59.6 Å². The first kappa shape index (κ1) is 22.2. The zero-order valence-corrected chi connectivity index (χ0v) is 19.0. The molecule has 1 saturated heterocycles. The van der Waals surface area contributed by atoms with Gasteiger partial charge in [-0.2, -0.15) is 0 Å². The summed E-state index contributed by atoms with van der Waals surface area (Å²) in [5.74, 6) is 1.94. The maximum atomic E-state index is 12.7. The van der Waals surface area contributed by atoms with Gasteiger partial charge in [0.05, 0.1) is 13.1 Å². The Labute approximate surface area is 188 Å². The summed E-state index contributed by atoms with van der Waals surface area (Å²) >= 11 is 0. The van der Waals surface area contributed by atoms with E-state index in [1.54, 1.807) is 16.8 Å². The summed E-state index contributed by atoms with van der Waals surface area (Å²) in [6.45, 7) is 5.60. The van der Waals surface area contributed by atoms with Crippen molar-refractivity contribution in [3.05, 3.63) is 46.9 Å². The van der Waals surface area contributed by atoms with E-state index in [-0.39, 0.29) is 24.5 Å². The minimum atomic E-state index is -0.379. The highest BCUT2D eigenvalue weighted by Crippen LogP contribution is 2.28. The zero-order valence-electron chi connectivity index (χ0n) is 19.0. The number of anilines is 1. The van der Waals surface area contributed by atoms with Crippen molar-refractivity contribution < 1.29 is 19.1 Å². The second-order valence-corrected chi connectivity index (χ2v) is 8.38. The minimum Gasteiger partial charge on any atom is -0.491 e. The van der Waals surface area contributed by atoms with Gasteiger partial charge in [0.2, 0.25) is 5.91 Å². The first-order valence-electron chi connectivity index (χ1n) is 11.2. The first-order chi connectivity index (χ1) is 15.4. The van der Waals surface area contributed by atoms with Crippen LogP contribution in [0.2, 0.25) is 0 Å². The molecular weight excluding hydrogens is 408 g/mol. The molecule has 32 heavy (non-hydrogen) atoms. The first-order valence-corrected chi connectivity index (χ1v) is 11.2. The van der Waals surface area contributed by atoms with Crippen LogP contribution in [0.5, 0.6) is 5.75 Å². The maximum Gasteiger partial charge on any atom is 0.251 e. The molecule has 1 atom stereocenters. The van der Waals surface area contributed by atoms with E-state index in [0.717, 1.165) is 35.4 Å². The van der Waals surface area contributed by atoms with Gasteiger partial charge in [0.25, 0.3) is 5.91 Å². The van der Waals surface area contributed by atoms with E-state index in [0.29, 0.717) is 44.2 Å². The van der Waals surface area contributed by atoms with E-state index < -0.39 is 0 Å². The highest BCUT2D eigenvalue weighted by atomic mass is 16.5. The van der Waals surface area contributed by atoms with Crippen molar-refractivity contribution in [2.75, 3.05) is 31.7 Å². The van der Waals surface area contributed by atoms with Crippen LogP contribution in [0, 0.1) is 13.8 Å². The number of amides is 2. The van der Waals surface area contributed by atoms with Crippen molar-refractivity contribution in [3.8, 4) is 5.75 Å². The number of aryl methyl sites for hydroxylation is 2. The maximum absolute atomic E-state index is 12.7. The number of carbonyl (C=O) groups excluding carboxylic acids is 2. The van der Waals surface area contributed by atoms with E-state index in [9.17, 15) is 9.59 Å². The Balaban J connectivity index is 1.49. The molecule has 0 aliphatic carbocycles. The highest BCUT2D eigenvalue weighted by molar-refractivity contribution is 5.95. The molecule has 0 radical (unpaired) electrons. The Morgan fingerprint density at radius 2 is 2.06 bits per heavy atom. The third-order valence-corrected chi connectivity index (χ3v) is 6.01. The molecule has 1 fully saturated rings. The molecule has 0 saturated carbocycles. The second kappa shape index (κ2) is 9.65. The average Bonchev–Trinajstić information content (AvgIpc) is 3.31. The molecule has 2 aliphatic rings. The molecule has 4 rings (SSSR count). The quantitative estimate of drug-likeness (QED) is 0.661. The van der Waals surface area contributed by atoms with Crippen LogP contribution >= 0.6 is 0 Å². The van der Waals surface area contributed by atoms with Crippen LogP contribution in [0.25, 0.3) is 0 Å². The van der Waals surface area contributed by atoms with Gasteiger partial charge < -0.3 is 14.4 Å². The second-order valence-electron chi connectivity index (χ2n) is 8.38. The SMILES string of the molecule is Cc1ccccc1OCCN1C(=O)CCc2c(C)nc(CN(C)C(=O)[C@@H]3CCCO3)nc21. The van der Waals surface area contributed by atoms with Gasteiger partial charge in [0.1, 0.15) is 30.1 Å². The lowest BCUT2D eigenvalue weighted by molar-refractivity contribution is -0.140. The van der Waals surface area contributed by atoms with Gasteiger partial charge >= 0.3 is 0 Å². The van der Waals surface area contributed by atoms with Crippen molar-refractivity contribution in [2.24, 2.45) is 0 Å². The Morgan fingerprint density at radius 1 is 1.25 bits per heavy atom. The average molecular weight is 439 g/mol. The van der Waals surface area contributed by atoms with Gasteiger partial charge in [-0.05, 0) is 44.7 Å². The van der Waals surface area contributed by atoms with E-state index in [1.165, 1.54) is 0 Å². The molecule has 0 bridgehead atoms. The fourth-order valence-electron chi connectivity index (χ4n) is 4.21. The van der Waals surface area contributed by atoms with Crippen LogP contribution in [0.1, 0.15) is 41.9 Å². The number of hydrogen-bond acceptors (Lipinski definition) is 6. The summed E-state index contributed by atoms with van der Waals surface area (Å²) in [6.07, 6.45) is 2.32. The summed E-state index contributed by atoms with van der Waals surface area (Å²) in [5, 5.41) is 0. The largest absolute Gasteiger partial charge is 0.491 e. The standard InChI is InChI=1S/C24H30N4O4/c1-16-7-4-5-8-19(16)32-14-12-28-22(29)11-10-18-17(2)25-21(26-23(18)28)15-27(3)24(30)20-9-6-13-31-20/h4-5,7-8,20H,6,9-15H2,1-3H3/t20-/m0/s1. The van der Waals surface area contributed by atoms with Crippen molar-refractivity contribution in [1.29, 1.82) is 0 Å². The fourth-order valence-corrected chi connectivity index (χ4v) is 4.21. The Bertz CT molecular complexity index is 1000. The lowest BCUT2D eigenvalue weighted by atomic mass is 10.0. The zero-order chi connectivity index (χ0) is 22.7. The summed E-state index contributed by atoms with van der Waals surface area (Å²) in [4.78, 5) is 37.9. The van der Waals surface area contributed by atoms with Gasteiger partial charge in [-0.1, -0.05) is 18.2 Å². The van der Waals surface area contributed by atoms with Crippen LogP contribution < -0.4 is 9.64 Å². The Morgan fingerprint density at radius 3 is 2.81 bits per heavy atom. The number of aromatic nitrogens is 2. The van der Waals surface area contributed by atoms with E-state index in [4.69, 9.17) is 14.5 Å². The van der Waals surface area contributed by atoms with Crippen molar-refractivity contribution in [3.63, 3.8) is 0 Å². The minimum absolute atomic E-state index is 0.0266. The summed E-state index contributed by atoms with van der Waals surface area (Å²) in [6, 6.07) is 7.82. The molecule has 1 aromatic heterocycles. The number of ether oxygens (including phenoxy) is 2. The summed E-state index contributed by atoms with van der Waals surface area (Å²) < 4.78 is 11.4. The van der Waals surface area contributed by atoms with Gasteiger partial charge in [-0.15, -0.1) is 0 Å². The number of nitrogens with zero attached hydrogens (tertiary/aromatic N) is 4. The number of fused-ring (bicyclic) bond motifs is 1. The molecule has 3 heterocycles. The van der Waals surface area contributed by atoms with Crippen LogP contribution in [-0.2, 0) is 27.3 Å². The topological polar surface area (TPSA) is 84.9 Å². The molecule has 2 aromatic rings. The van der Waals surface area contributed by atoms with Crippen LogP contribution in [0.15, 0.2) is 24.3 Å². The monoisotopic (exact) mass is 438 g/mol. The summed E-state index contributed by atoms with van der Waals surface area (Å²) in [5.41, 5.74) is 2.88. The normalized spacial score (nSPS) is 17.9. The molecule has 8 nitrogen and oxygen atoms in total. The Kier molecular flexibility index (Phi) is 6.69. The predicted molar refractivity (Wildman–Crippen MR) is 120 cm³/mol. The van der Waals surface area contributed by atoms with Gasteiger partial charge in [0.15, 0.2) is 0 Å². The smallest absolute Gasteiger partial charge is 0.251 e. The molecule has 2 aliphatic heterocycles. The number of rotatable bonds is 7. The highest BCUT2D eigenvalue weighted by Gasteiger charge is 2.30. The molecule has 170 valence electrons. The van der Waals surface area contributed by atoms with Crippen molar-refractivity contribution in [2.45, 2.75) is 52.2 Å². The molecule has 1 aromatic carbocycles. The third kappa shape index (κ3) is 4.75. The lowest BCUT2D eigenvalue weighted by Crippen LogP contribution is -2.40. The summed E-state index contributed by atoms with van der Waals surface area (Å²) in [7, 11) is 1.74. The molecule has 0 spiro atoms. The van der Waals surface area contributed by atoms with Gasteiger partial charge in [-0.25, -0.2) is 9.97 Å². The molecular formula is C24H30N4O4. The number of hydrogen-bond donors (Lipinski definition) is 0. The molecule has 0 N–H and O–H groups in total. The number of benzene rings is 1. The van der Waals surface area contributed by atoms with E-state index in [2.05, 4.69) is 4.98 Å². The number of carbonyl (C=O) groups is 2. The Hall–Kier alpha value is -3.00. The third-order valence-electron chi connectivity index (χ3n) is 6.01. The number of likely N-dealkylation sites (N-methyl/N-ethyl adjacent to an activating group) is 1. The van der Waals surface area contributed by atoms with Crippen LogP contribution in [0.3, 0.4) is 0 Å². The van der Waals surface area contributed by atoms with E-state index in [1.807, 2.05) is 38.1 Å². The van der Waals surface area contributed by atoms with Crippen LogP contribution in [0.4, 0.5) is 5.82 Å². The lowest BCUT2D eigenvalue weighted by Gasteiger charge is -2.30. The van der Waals surface area contributed by atoms with Gasteiger partial charge in [0, 0.05) is 31.3 Å². The van der Waals surface area contributed by atoms with E-state index >= 15 is 0 Å². The fraction of sp³-hybridized carbons (Fsp3) is 0.500. The molecule has 8 heteroatoms. The van der Waals surface area contributed by atoms with Crippen molar-refractivity contribution >= 4 is 17.6 Å². The van der Waals surface area contributed by atoms with Gasteiger partial charge in [-0.3, -0.25) is 14.5 Å². The molecule has 2 amide bonds. The molecule has 0 unspecified atom stereocenters. The van der Waals surface area contributed by atoms with Crippen molar-refractivity contribution in [1.82, 2.24) is 14.9 Å². The predicted octanol–water partition coefficient (Wildman–Crippen LogP) is 2.59. The number of para-hydroxylation sites is 1.